The highest BCUT2D eigenvalue weighted by molar-refractivity contribution is 6.28. The Morgan fingerprint density at radius 3 is 2.10 bits per heavy atom. The first-order chi connectivity index (χ1) is 23.7. The molecule has 49 heavy (non-hydrogen) atoms. The number of aromatic nitrogens is 4. The molecule has 4 rings (SSSR count). The molecule has 2 fully saturated rings. The van der Waals surface area contributed by atoms with Crippen LogP contribution in [-0.2, 0) is 52.3 Å². The lowest BCUT2D eigenvalue weighted by molar-refractivity contribution is -0.166. The van der Waals surface area contributed by atoms with Gasteiger partial charge in [0.05, 0.1) is 57.8 Å². The molecule has 0 bridgehead atoms. The first-order valence-electron chi connectivity index (χ1n) is 15.9. The van der Waals surface area contributed by atoms with E-state index in [1.807, 2.05) is 0 Å². The third-order valence-corrected chi connectivity index (χ3v) is 7.68. The Hall–Kier alpha value is -3.63. The van der Waals surface area contributed by atoms with Crippen LogP contribution in [0.2, 0.25) is 5.28 Å². The van der Waals surface area contributed by atoms with Gasteiger partial charge in [-0.15, -0.1) is 6.42 Å². The predicted octanol–water partition coefficient (Wildman–Crippen LogP) is 0.625. The van der Waals surface area contributed by atoms with Crippen molar-refractivity contribution in [2.45, 2.75) is 45.3 Å². The normalized spacial score (nSPS) is 21.1. The standard InChI is InChI=1S/C31H43ClN6O11/c1-5-11-42-13-15-44-17-18-45-16-14-43-12-10-36-6-8-37(9-7-36)28-24-19-33-38(29(24)35-31(32)34-28)30-27(48-23(4)41)26(47-22(3)40)25(49-30)20-46-21(2)39/h1,19,25-27,30H,6-18,20H2,2-4H3/t25?,26-,27-,30-/m1/s1. The Morgan fingerprint density at radius 2 is 1.49 bits per heavy atom. The summed E-state index contributed by atoms with van der Waals surface area (Å²) in [5, 5.41) is 5.08. The molecule has 0 radical (unpaired) electrons. The van der Waals surface area contributed by atoms with Gasteiger partial charge in [-0.25, -0.2) is 4.68 Å². The van der Waals surface area contributed by atoms with Gasteiger partial charge in [-0.05, 0) is 11.6 Å². The van der Waals surface area contributed by atoms with Gasteiger partial charge in [0.25, 0.3) is 0 Å². The number of hydrogen-bond donors (Lipinski definition) is 0. The van der Waals surface area contributed by atoms with Gasteiger partial charge in [0.1, 0.15) is 25.1 Å². The lowest BCUT2D eigenvalue weighted by atomic mass is 10.1. The lowest BCUT2D eigenvalue weighted by Gasteiger charge is -2.35. The minimum atomic E-state index is -1.12. The van der Waals surface area contributed by atoms with Crippen LogP contribution in [0.15, 0.2) is 6.20 Å². The number of carbonyl (C=O) groups is 3. The quantitative estimate of drug-likeness (QED) is 0.0652. The van der Waals surface area contributed by atoms with Crippen LogP contribution in [0.4, 0.5) is 5.82 Å². The molecule has 0 spiro atoms. The number of carbonyl (C=O) groups excluding carboxylic acids is 3. The van der Waals surface area contributed by atoms with Gasteiger partial charge < -0.3 is 42.8 Å². The molecule has 0 aromatic carbocycles. The van der Waals surface area contributed by atoms with Crippen molar-refractivity contribution in [1.82, 2.24) is 24.6 Å². The largest absolute Gasteiger partial charge is 0.463 e. The van der Waals surface area contributed by atoms with Gasteiger partial charge in [-0.2, -0.15) is 15.1 Å². The average molecular weight is 711 g/mol. The van der Waals surface area contributed by atoms with E-state index >= 15 is 0 Å². The summed E-state index contributed by atoms with van der Waals surface area (Å²) in [6.45, 7) is 10.8. The van der Waals surface area contributed by atoms with Crippen molar-refractivity contribution >= 4 is 46.4 Å². The number of terminal acetylenes is 1. The van der Waals surface area contributed by atoms with E-state index < -0.39 is 42.4 Å². The van der Waals surface area contributed by atoms with Gasteiger partial charge in [-0.1, -0.05) is 5.92 Å². The number of rotatable bonds is 19. The van der Waals surface area contributed by atoms with E-state index in [4.69, 9.17) is 55.9 Å². The summed E-state index contributed by atoms with van der Waals surface area (Å²) in [6, 6.07) is 0. The Balaban J connectivity index is 1.31. The van der Waals surface area contributed by atoms with Crippen molar-refractivity contribution in [3.63, 3.8) is 0 Å². The second-order valence-corrected chi connectivity index (χ2v) is 11.4. The molecular formula is C31H43ClN6O11. The first-order valence-corrected chi connectivity index (χ1v) is 16.3. The highest BCUT2D eigenvalue weighted by Gasteiger charge is 2.51. The van der Waals surface area contributed by atoms with Crippen LogP contribution in [0.25, 0.3) is 11.0 Å². The van der Waals surface area contributed by atoms with E-state index in [1.54, 1.807) is 6.20 Å². The molecule has 0 amide bonds. The maximum absolute atomic E-state index is 12.1. The maximum Gasteiger partial charge on any atom is 0.303 e. The number of fused-ring (bicyclic) bond motifs is 1. The van der Waals surface area contributed by atoms with E-state index in [0.29, 0.717) is 76.2 Å². The molecule has 4 heterocycles. The smallest absolute Gasteiger partial charge is 0.303 e. The Morgan fingerprint density at radius 1 is 0.878 bits per heavy atom. The van der Waals surface area contributed by atoms with Crippen molar-refractivity contribution in [2.24, 2.45) is 0 Å². The molecule has 2 aliphatic heterocycles. The van der Waals surface area contributed by atoms with Gasteiger partial charge in [0.2, 0.25) is 5.28 Å². The number of esters is 3. The van der Waals surface area contributed by atoms with E-state index in [-0.39, 0.29) is 18.5 Å². The summed E-state index contributed by atoms with van der Waals surface area (Å²) in [5.74, 6) is 1.17. The third kappa shape index (κ3) is 11.5. The number of hydrogen-bond acceptors (Lipinski definition) is 16. The molecule has 18 heteroatoms. The third-order valence-electron chi connectivity index (χ3n) is 7.51. The summed E-state index contributed by atoms with van der Waals surface area (Å²) in [6.07, 6.45) is 2.47. The van der Waals surface area contributed by atoms with Crippen LogP contribution in [0.1, 0.15) is 27.0 Å². The number of halogens is 1. The van der Waals surface area contributed by atoms with E-state index in [9.17, 15) is 14.4 Å². The van der Waals surface area contributed by atoms with E-state index in [2.05, 4.69) is 30.8 Å². The molecule has 4 atom stereocenters. The van der Waals surface area contributed by atoms with Gasteiger partial charge >= 0.3 is 17.9 Å². The van der Waals surface area contributed by atoms with Gasteiger partial charge in [-0.3, -0.25) is 19.3 Å². The minimum absolute atomic E-state index is 0.0158. The number of anilines is 1. The topological polar surface area (TPSA) is 175 Å². The van der Waals surface area contributed by atoms with Crippen molar-refractivity contribution < 1.29 is 52.3 Å². The monoisotopic (exact) mass is 710 g/mol. The summed E-state index contributed by atoms with van der Waals surface area (Å²) in [4.78, 5) is 48.9. The van der Waals surface area contributed by atoms with Crippen LogP contribution < -0.4 is 4.90 Å². The average Bonchev–Trinajstić information content (AvgIpc) is 3.62. The maximum atomic E-state index is 12.1. The predicted molar refractivity (Wildman–Crippen MR) is 173 cm³/mol. The summed E-state index contributed by atoms with van der Waals surface area (Å²) in [7, 11) is 0. The van der Waals surface area contributed by atoms with Gasteiger partial charge in [0.15, 0.2) is 24.1 Å². The highest BCUT2D eigenvalue weighted by Crippen LogP contribution is 2.37. The van der Waals surface area contributed by atoms with Crippen LogP contribution in [0.5, 0.6) is 0 Å². The fraction of sp³-hybridized carbons (Fsp3) is 0.677. The highest BCUT2D eigenvalue weighted by atomic mass is 35.5. The van der Waals surface area contributed by atoms with Crippen LogP contribution >= 0.6 is 11.6 Å². The second kappa shape index (κ2) is 19.5. The van der Waals surface area contributed by atoms with Crippen LogP contribution in [-0.4, -0.2) is 153 Å². The van der Waals surface area contributed by atoms with Crippen LogP contribution in [0.3, 0.4) is 0 Å². The molecule has 0 saturated carbocycles. The second-order valence-electron chi connectivity index (χ2n) is 11.1. The molecule has 0 N–H and O–H groups in total. The molecule has 2 aliphatic rings. The van der Waals surface area contributed by atoms with Gasteiger partial charge in [0, 0.05) is 53.5 Å². The molecule has 1 unspecified atom stereocenters. The molecule has 17 nitrogen and oxygen atoms in total. The summed E-state index contributed by atoms with van der Waals surface area (Å²) < 4.78 is 45.5. The van der Waals surface area contributed by atoms with Crippen molar-refractivity contribution in [3.8, 4) is 12.3 Å². The molecule has 270 valence electrons. The summed E-state index contributed by atoms with van der Waals surface area (Å²) in [5.41, 5.74) is 0.325. The van der Waals surface area contributed by atoms with Crippen molar-refractivity contribution in [2.75, 3.05) is 97.1 Å². The van der Waals surface area contributed by atoms with Crippen LogP contribution in [0, 0.1) is 12.3 Å². The summed E-state index contributed by atoms with van der Waals surface area (Å²) >= 11 is 6.41. The van der Waals surface area contributed by atoms with Crippen molar-refractivity contribution in [3.05, 3.63) is 11.5 Å². The molecule has 2 aromatic rings. The number of ether oxygens (including phenoxy) is 8. The zero-order chi connectivity index (χ0) is 35.2. The minimum Gasteiger partial charge on any atom is -0.463 e. The number of piperazine rings is 1. The lowest BCUT2D eigenvalue weighted by Crippen LogP contribution is -2.47. The Kier molecular flexibility index (Phi) is 15.2. The fourth-order valence-corrected chi connectivity index (χ4v) is 5.53. The molecular weight excluding hydrogens is 668 g/mol. The number of nitrogens with zero attached hydrogens (tertiary/aromatic N) is 6. The van der Waals surface area contributed by atoms with E-state index in [1.165, 1.54) is 25.5 Å². The molecule has 0 aliphatic carbocycles. The van der Waals surface area contributed by atoms with Crippen molar-refractivity contribution in [1.29, 1.82) is 0 Å². The Bertz CT molecular complexity index is 1430. The zero-order valence-electron chi connectivity index (χ0n) is 27.9. The van der Waals surface area contributed by atoms with E-state index in [0.717, 1.165) is 19.6 Å². The molecule has 2 aromatic heterocycles. The molecule has 2 saturated heterocycles. The zero-order valence-corrected chi connectivity index (χ0v) is 28.7. The fourth-order valence-electron chi connectivity index (χ4n) is 5.37. The first kappa shape index (κ1) is 38.2. The SMILES string of the molecule is C#CCOCCOCCOCCOCCN1CCN(c2nc(Cl)nc3c2cnn3[C@@H]2OC(COC(C)=O)[C@@H](OC(C)=O)[C@H]2OC(C)=O)CC1. The Labute approximate surface area is 289 Å².